The summed E-state index contributed by atoms with van der Waals surface area (Å²) in [6.07, 6.45) is 2.53. The van der Waals surface area contributed by atoms with Crippen LogP contribution in [0.1, 0.15) is 49.1 Å². The quantitative estimate of drug-likeness (QED) is 0.618. The number of rotatable bonds is 8. The molecule has 2 N–H and O–H groups in total. The van der Waals surface area contributed by atoms with Crippen molar-refractivity contribution in [2.45, 2.75) is 44.1 Å². The summed E-state index contributed by atoms with van der Waals surface area (Å²) < 4.78 is 5.68. The Morgan fingerprint density at radius 3 is 2.26 bits per heavy atom. The molecule has 34 heavy (non-hydrogen) atoms. The minimum Gasteiger partial charge on any atom is -0.481 e. The van der Waals surface area contributed by atoms with Crippen LogP contribution in [0.15, 0.2) is 48.5 Å². The van der Waals surface area contributed by atoms with Gasteiger partial charge in [0, 0.05) is 37.9 Å². The number of amides is 2. The van der Waals surface area contributed by atoms with Gasteiger partial charge in [0.25, 0.3) is 0 Å². The van der Waals surface area contributed by atoms with Gasteiger partial charge in [0.2, 0.25) is 5.91 Å². The van der Waals surface area contributed by atoms with Gasteiger partial charge in [-0.25, -0.2) is 4.79 Å². The number of carboxylic acid groups (broad SMARTS) is 1. The molecule has 7 heteroatoms. The van der Waals surface area contributed by atoms with E-state index in [-0.39, 0.29) is 43.2 Å². The van der Waals surface area contributed by atoms with Gasteiger partial charge in [-0.05, 0) is 53.4 Å². The van der Waals surface area contributed by atoms with E-state index in [4.69, 9.17) is 9.84 Å². The van der Waals surface area contributed by atoms with E-state index in [2.05, 4.69) is 29.6 Å². The first kappa shape index (κ1) is 22.4. The Bertz CT molecular complexity index is 1050. The third kappa shape index (κ3) is 4.79. The van der Waals surface area contributed by atoms with Crippen LogP contribution >= 0.6 is 0 Å². The molecule has 2 aliphatic carbocycles. The Kier molecular flexibility index (Phi) is 6.26. The van der Waals surface area contributed by atoms with Crippen LogP contribution in [0.2, 0.25) is 0 Å². The van der Waals surface area contributed by atoms with Crippen LogP contribution in [-0.2, 0) is 14.3 Å². The summed E-state index contributed by atoms with van der Waals surface area (Å²) in [5, 5.41) is 11.9. The van der Waals surface area contributed by atoms with Crippen molar-refractivity contribution in [1.82, 2.24) is 10.2 Å². The average molecular weight is 463 g/mol. The van der Waals surface area contributed by atoms with Gasteiger partial charge < -0.3 is 20.1 Å². The molecule has 1 saturated carbocycles. The SMILES string of the molecule is O=C(O)CC1CCN(C(=O)CC(NC(=O)OCC2c3ccccc3-c3ccccc32)C2CC2)C1. The Balaban J connectivity index is 1.17. The Hall–Kier alpha value is -3.35. The average Bonchev–Trinajstić information content (AvgIpc) is 3.49. The van der Waals surface area contributed by atoms with Crippen LogP contribution in [0.5, 0.6) is 0 Å². The maximum atomic E-state index is 12.8. The van der Waals surface area contributed by atoms with E-state index in [1.807, 2.05) is 24.3 Å². The smallest absolute Gasteiger partial charge is 0.407 e. The Morgan fingerprint density at radius 1 is 1.00 bits per heavy atom. The lowest BCUT2D eigenvalue weighted by atomic mass is 9.98. The van der Waals surface area contributed by atoms with Crippen molar-refractivity contribution in [1.29, 1.82) is 0 Å². The summed E-state index contributed by atoms with van der Waals surface area (Å²) in [7, 11) is 0. The minimum absolute atomic E-state index is 0.00470. The number of fused-ring (bicyclic) bond motifs is 3. The predicted molar refractivity (Wildman–Crippen MR) is 126 cm³/mol. The van der Waals surface area contributed by atoms with E-state index in [1.165, 1.54) is 11.1 Å². The minimum atomic E-state index is -0.827. The highest BCUT2D eigenvalue weighted by Crippen LogP contribution is 2.44. The number of likely N-dealkylation sites (tertiary alicyclic amines) is 1. The fraction of sp³-hybridized carbons (Fsp3) is 0.444. The highest BCUT2D eigenvalue weighted by Gasteiger charge is 2.37. The van der Waals surface area contributed by atoms with Crippen molar-refractivity contribution in [3.63, 3.8) is 0 Å². The molecule has 2 amide bonds. The summed E-state index contributed by atoms with van der Waals surface area (Å²) in [4.78, 5) is 38.2. The predicted octanol–water partition coefficient (Wildman–Crippen LogP) is 4.02. The summed E-state index contributed by atoms with van der Waals surface area (Å²) >= 11 is 0. The first-order chi connectivity index (χ1) is 16.5. The van der Waals surface area contributed by atoms with Gasteiger partial charge in [-0.2, -0.15) is 0 Å². The molecule has 0 radical (unpaired) electrons. The fourth-order valence-electron chi connectivity index (χ4n) is 5.42. The summed E-state index contributed by atoms with van der Waals surface area (Å²) in [5.74, 6) is -0.552. The van der Waals surface area contributed by atoms with Gasteiger partial charge >= 0.3 is 12.1 Å². The summed E-state index contributed by atoms with van der Waals surface area (Å²) in [6.45, 7) is 1.31. The van der Waals surface area contributed by atoms with E-state index in [0.717, 1.165) is 24.0 Å². The number of benzene rings is 2. The molecular weight excluding hydrogens is 432 g/mol. The molecule has 7 nitrogen and oxygen atoms in total. The lowest BCUT2D eigenvalue weighted by Gasteiger charge is -2.22. The van der Waals surface area contributed by atoms with Gasteiger partial charge in [0.1, 0.15) is 6.61 Å². The van der Waals surface area contributed by atoms with E-state index in [0.29, 0.717) is 25.4 Å². The van der Waals surface area contributed by atoms with Gasteiger partial charge in [-0.1, -0.05) is 48.5 Å². The number of ether oxygens (including phenoxy) is 1. The van der Waals surface area contributed by atoms with E-state index < -0.39 is 12.1 Å². The van der Waals surface area contributed by atoms with Crippen molar-refractivity contribution in [2.24, 2.45) is 11.8 Å². The number of alkyl carbamates (subject to hydrolysis) is 1. The maximum Gasteiger partial charge on any atom is 0.407 e. The van der Waals surface area contributed by atoms with Crippen molar-refractivity contribution < 1.29 is 24.2 Å². The number of carbonyl (C=O) groups is 3. The van der Waals surface area contributed by atoms with Gasteiger partial charge in [0.15, 0.2) is 0 Å². The number of nitrogens with zero attached hydrogens (tertiary/aromatic N) is 1. The molecule has 2 atom stereocenters. The lowest BCUT2D eigenvalue weighted by Crippen LogP contribution is -2.42. The third-order valence-electron chi connectivity index (χ3n) is 7.33. The molecule has 2 unspecified atom stereocenters. The molecule has 178 valence electrons. The molecular formula is C27H30N2O5. The molecule has 5 rings (SSSR count). The second-order valence-corrected chi connectivity index (χ2v) is 9.71. The van der Waals surface area contributed by atoms with E-state index in [1.54, 1.807) is 4.90 Å². The van der Waals surface area contributed by atoms with Gasteiger partial charge in [-0.3, -0.25) is 9.59 Å². The van der Waals surface area contributed by atoms with Crippen LogP contribution in [0, 0.1) is 11.8 Å². The molecule has 1 saturated heterocycles. The zero-order valence-electron chi connectivity index (χ0n) is 19.1. The standard InChI is InChI=1S/C27H30N2O5/c30-25(29-12-11-17(15-29)13-26(31)32)14-24(18-9-10-18)28-27(33)34-16-23-21-7-3-1-5-19(21)20-6-2-4-8-22(20)23/h1-8,17-18,23-24H,9-16H2,(H,28,33)(H,31,32). The zero-order chi connectivity index (χ0) is 23.7. The first-order valence-corrected chi connectivity index (χ1v) is 12.1. The molecule has 1 heterocycles. The summed E-state index contributed by atoms with van der Waals surface area (Å²) in [5.41, 5.74) is 4.69. The van der Waals surface area contributed by atoms with Crippen LogP contribution in [0.25, 0.3) is 11.1 Å². The van der Waals surface area contributed by atoms with E-state index >= 15 is 0 Å². The first-order valence-electron chi connectivity index (χ1n) is 12.1. The molecule has 0 spiro atoms. The number of nitrogens with one attached hydrogen (secondary N) is 1. The van der Waals surface area contributed by atoms with Crippen LogP contribution < -0.4 is 5.32 Å². The van der Waals surface area contributed by atoms with Gasteiger partial charge in [0.05, 0.1) is 0 Å². The molecule has 2 aromatic carbocycles. The Labute approximate surface area is 199 Å². The number of carbonyl (C=O) groups excluding carboxylic acids is 2. The van der Waals surface area contributed by atoms with Gasteiger partial charge in [-0.15, -0.1) is 0 Å². The van der Waals surface area contributed by atoms with E-state index in [9.17, 15) is 14.4 Å². The monoisotopic (exact) mass is 462 g/mol. The normalized spacial score (nSPS) is 19.9. The van der Waals surface area contributed by atoms with Crippen LogP contribution in [0.4, 0.5) is 4.79 Å². The number of hydrogen-bond donors (Lipinski definition) is 2. The second-order valence-electron chi connectivity index (χ2n) is 9.71. The van der Waals surface area contributed by atoms with Crippen molar-refractivity contribution in [3.05, 3.63) is 59.7 Å². The summed E-state index contributed by atoms with van der Waals surface area (Å²) in [6, 6.07) is 16.2. The highest BCUT2D eigenvalue weighted by molar-refractivity contribution is 5.80. The molecule has 0 bridgehead atoms. The topological polar surface area (TPSA) is 95.9 Å². The third-order valence-corrected chi connectivity index (χ3v) is 7.33. The fourth-order valence-corrected chi connectivity index (χ4v) is 5.42. The lowest BCUT2D eigenvalue weighted by molar-refractivity contribution is -0.138. The zero-order valence-corrected chi connectivity index (χ0v) is 19.1. The van der Waals surface area contributed by atoms with Crippen LogP contribution in [0.3, 0.4) is 0 Å². The molecule has 0 aromatic heterocycles. The van der Waals surface area contributed by atoms with Crippen molar-refractivity contribution >= 4 is 18.0 Å². The maximum absolute atomic E-state index is 12.8. The van der Waals surface area contributed by atoms with Crippen molar-refractivity contribution in [3.8, 4) is 11.1 Å². The number of hydrogen-bond acceptors (Lipinski definition) is 4. The number of aliphatic carboxylic acids is 1. The largest absolute Gasteiger partial charge is 0.481 e. The molecule has 2 aromatic rings. The highest BCUT2D eigenvalue weighted by atomic mass is 16.5. The van der Waals surface area contributed by atoms with Crippen molar-refractivity contribution in [2.75, 3.05) is 19.7 Å². The van der Waals surface area contributed by atoms with Crippen LogP contribution in [-0.4, -0.2) is 53.7 Å². The Morgan fingerprint density at radius 2 is 1.65 bits per heavy atom. The molecule has 1 aliphatic heterocycles. The number of carboxylic acids is 1. The second kappa shape index (κ2) is 9.49. The molecule has 3 aliphatic rings. The molecule has 2 fully saturated rings.